The van der Waals surface area contributed by atoms with Crippen molar-refractivity contribution in [2.24, 2.45) is 5.73 Å². The fourth-order valence-electron chi connectivity index (χ4n) is 2.33. The zero-order chi connectivity index (χ0) is 12.3. The summed E-state index contributed by atoms with van der Waals surface area (Å²) in [7, 11) is 0. The van der Waals surface area contributed by atoms with Crippen LogP contribution in [0, 0.1) is 0 Å². The van der Waals surface area contributed by atoms with E-state index in [2.05, 4.69) is 26.0 Å². The summed E-state index contributed by atoms with van der Waals surface area (Å²) in [6, 6.07) is 4.36. The lowest BCUT2D eigenvalue weighted by Gasteiger charge is -2.16. The Kier molecular flexibility index (Phi) is 4.13. The highest BCUT2D eigenvalue weighted by molar-refractivity contribution is 5.28. The first-order valence-corrected chi connectivity index (χ1v) is 6.53. The van der Waals surface area contributed by atoms with Crippen molar-refractivity contribution in [3.8, 4) is 0 Å². The molecule has 2 N–H and O–H groups in total. The number of nitrogens with zero attached hydrogens (tertiary/aromatic N) is 1. The first-order chi connectivity index (χ1) is 8.26. The number of hydrogen-bond donors (Lipinski definition) is 1. The number of aromatic nitrogens is 1. The summed E-state index contributed by atoms with van der Waals surface area (Å²) in [6.45, 7) is 6.60. The van der Waals surface area contributed by atoms with Gasteiger partial charge in [-0.05, 0) is 30.4 Å². The number of rotatable bonds is 4. The van der Waals surface area contributed by atoms with Gasteiger partial charge in [0.25, 0.3) is 0 Å². The molecule has 1 aromatic rings. The minimum absolute atomic E-state index is 0.493. The van der Waals surface area contributed by atoms with Gasteiger partial charge in [0.1, 0.15) is 0 Å². The van der Waals surface area contributed by atoms with Gasteiger partial charge in [0.15, 0.2) is 0 Å². The Morgan fingerprint density at radius 1 is 1.53 bits per heavy atom. The Morgan fingerprint density at radius 3 is 2.94 bits per heavy atom. The van der Waals surface area contributed by atoms with Crippen molar-refractivity contribution in [1.29, 1.82) is 0 Å². The molecule has 1 fully saturated rings. The number of nitrogens with two attached hydrogens (primary N) is 1. The smallest absolute Gasteiger partial charge is 0.0578 e. The second-order valence-electron chi connectivity index (χ2n) is 4.85. The van der Waals surface area contributed by atoms with Gasteiger partial charge in [-0.3, -0.25) is 4.98 Å². The highest BCUT2D eigenvalue weighted by Gasteiger charge is 2.21. The van der Waals surface area contributed by atoms with Crippen molar-refractivity contribution in [2.75, 3.05) is 13.2 Å². The predicted octanol–water partition coefficient (Wildman–Crippen LogP) is 2.56. The average molecular weight is 234 g/mol. The molecular weight excluding hydrogens is 212 g/mol. The molecule has 0 saturated carbocycles. The SMILES string of the molecule is CCC(C)c1ccc(C2CCOC2)c(CN)n1. The van der Waals surface area contributed by atoms with E-state index in [9.17, 15) is 0 Å². The van der Waals surface area contributed by atoms with Gasteiger partial charge in [0.05, 0.1) is 12.3 Å². The van der Waals surface area contributed by atoms with E-state index in [1.807, 2.05) is 0 Å². The minimum Gasteiger partial charge on any atom is -0.381 e. The van der Waals surface area contributed by atoms with Crippen LogP contribution in [-0.2, 0) is 11.3 Å². The van der Waals surface area contributed by atoms with E-state index in [0.29, 0.717) is 18.4 Å². The fraction of sp³-hybridized carbons (Fsp3) is 0.643. The maximum absolute atomic E-state index is 5.83. The molecule has 0 aliphatic carbocycles. The second-order valence-corrected chi connectivity index (χ2v) is 4.85. The molecule has 94 valence electrons. The van der Waals surface area contributed by atoms with Crippen LogP contribution >= 0.6 is 0 Å². The molecular formula is C14H22N2O. The van der Waals surface area contributed by atoms with E-state index in [-0.39, 0.29) is 0 Å². The maximum Gasteiger partial charge on any atom is 0.0578 e. The van der Waals surface area contributed by atoms with E-state index in [1.54, 1.807) is 0 Å². The Hall–Kier alpha value is -0.930. The lowest BCUT2D eigenvalue weighted by atomic mass is 9.94. The summed E-state index contributed by atoms with van der Waals surface area (Å²) in [6.07, 6.45) is 2.21. The molecule has 0 bridgehead atoms. The van der Waals surface area contributed by atoms with E-state index < -0.39 is 0 Å². The monoisotopic (exact) mass is 234 g/mol. The van der Waals surface area contributed by atoms with Crippen LogP contribution in [0.1, 0.15) is 55.5 Å². The van der Waals surface area contributed by atoms with Gasteiger partial charge in [-0.1, -0.05) is 19.9 Å². The van der Waals surface area contributed by atoms with Crippen LogP contribution in [0.3, 0.4) is 0 Å². The van der Waals surface area contributed by atoms with Crippen molar-refractivity contribution < 1.29 is 4.74 Å². The molecule has 0 spiro atoms. The highest BCUT2D eigenvalue weighted by atomic mass is 16.5. The molecule has 2 rings (SSSR count). The van der Waals surface area contributed by atoms with Crippen LogP contribution in [-0.4, -0.2) is 18.2 Å². The summed E-state index contributed by atoms with van der Waals surface area (Å²) in [5.41, 5.74) is 9.33. The average Bonchev–Trinajstić information content (AvgIpc) is 2.90. The van der Waals surface area contributed by atoms with Crippen LogP contribution in [0.4, 0.5) is 0 Å². The molecule has 1 aliphatic rings. The van der Waals surface area contributed by atoms with Crippen LogP contribution in [0.15, 0.2) is 12.1 Å². The number of hydrogen-bond acceptors (Lipinski definition) is 3. The van der Waals surface area contributed by atoms with Gasteiger partial charge < -0.3 is 10.5 Å². The zero-order valence-electron chi connectivity index (χ0n) is 10.8. The summed E-state index contributed by atoms with van der Waals surface area (Å²) in [5, 5.41) is 0. The van der Waals surface area contributed by atoms with Crippen molar-refractivity contribution >= 4 is 0 Å². The quantitative estimate of drug-likeness (QED) is 0.871. The highest BCUT2D eigenvalue weighted by Crippen LogP contribution is 2.28. The van der Waals surface area contributed by atoms with E-state index in [4.69, 9.17) is 15.5 Å². The van der Waals surface area contributed by atoms with Crippen molar-refractivity contribution in [3.05, 3.63) is 29.1 Å². The molecule has 1 aliphatic heterocycles. The Balaban J connectivity index is 2.27. The second kappa shape index (κ2) is 5.61. The molecule has 17 heavy (non-hydrogen) atoms. The van der Waals surface area contributed by atoms with Gasteiger partial charge in [-0.25, -0.2) is 0 Å². The summed E-state index contributed by atoms with van der Waals surface area (Å²) < 4.78 is 5.44. The van der Waals surface area contributed by atoms with Crippen molar-refractivity contribution in [2.45, 2.75) is 45.1 Å². The third-order valence-corrected chi connectivity index (χ3v) is 3.71. The van der Waals surface area contributed by atoms with E-state index >= 15 is 0 Å². The lowest BCUT2D eigenvalue weighted by molar-refractivity contribution is 0.193. The van der Waals surface area contributed by atoms with Crippen LogP contribution < -0.4 is 5.73 Å². The molecule has 1 aromatic heterocycles. The fourth-order valence-corrected chi connectivity index (χ4v) is 2.33. The molecule has 2 atom stereocenters. The largest absolute Gasteiger partial charge is 0.381 e. The molecule has 2 heterocycles. The molecule has 3 heteroatoms. The van der Waals surface area contributed by atoms with Crippen LogP contribution in [0.25, 0.3) is 0 Å². The van der Waals surface area contributed by atoms with Crippen LogP contribution in [0.2, 0.25) is 0 Å². The van der Waals surface area contributed by atoms with Crippen molar-refractivity contribution in [1.82, 2.24) is 4.98 Å². The topological polar surface area (TPSA) is 48.1 Å². The first kappa shape index (κ1) is 12.5. The molecule has 0 radical (unpaired) electrons. The van der Waals surface area contributed by atoms with Gasteiger partial charge >= 0.3 is 0 Å². The molecule has 3 nitrogen and oxygen atoms in total. The molecule has 1 saturated heterocycles. The zero-order valence-corrected chi connectivity index (χ0v) is 10.8. The van der Waals surface area contributed by atoms with Crippen molar-refractivity contribution in [3.63, 3.8) is 0 Å². The first-order valence-electron chi connectivity index (χ1n) is 6.53. The minimum atomic E-state index is 0.493. The summed E-state index contributed by atoms with van der Waals surface area (Å²) >= 11 is 0. The summed E-state index contributed by atoms with van der Waals surface area (Å²) in [4.78, 5) is 4.73. The van der Waals surface area contributed by atoms with Gasteiger partial charge in [-0.2, -0.15) is 0 Å². The standard InChI is InChI=1S/C14H22N2O/c1-3-10(2)13-5-4-12(14(8-15)16-13)11-6-7-17-9-11/h4-5,10-11H,3,6-9,15H2,1-2H3. The predicted molar refractivity (Wildman–Crippen MR) is 69.0 cm³/mol. The van der Waals surface area contributed by atoms with E-state index in [1.165, 1.54) is 5.56 Å². The number of pyridine rings is 1. The Bertz CT molecular complexity index is 372. The van der Waals surface area contributed by atoms with Crippen LogP contribution in [0.5, 0.6) is 0 Å². The van der Waals surface area contributed by atoms with Gasteiger partial charge in [0.2, 0.25) is 0 Å². The third-order valence-electron chi connectivity index (χ3n) is 3.71. The molecule has 0 aromatic carbocycles. The normalized spacial score (nSPS) is 21.7. The Labute approximate surface area is 103 Å². The molecule has 0 amide bonds. The third kappa shape index (κ3) is 2.67. The van der Waals surface area contributed by atoms with E-state index in [0.717, 1.165) is 37.4 Å². The lowest BCUT2D eigenvalue weighted by Crippen LogP contribution is -2.11. The summed E-state index contributed by atoms with van der Waals surface area (Å²) in [5.74, 6) is 1.00. The van der Waals surface area contributed by atoms with Gasteiger partial charge in [0, 0.05) is 24.8 Å². The Morgan fingerprint density at radius 2 is 2.35 bits per heavy atom. The van der Waals surface area contributed by atoms with Gasteiger partial charge in [-0.15, -0.1) is 0 Å². The maximum atomic E-state index is 5.83. The molecule has 2 unspecified atom stereocenters. The number of ether oxygens (including phenoxy) is 1.